The van der Waals surface area contributed by atoms with Crippen molar-refractivity contribution in [2.45, 2.75) is 58.7 Å². The monoisotopic (exact) mass is 287 g/mol. The molecule has 0 saturated carbocycles. The van der Waals surface area contributed by atoms with Gasteiger partial charge in [0.25, 0.3) is 0 Å². The lowest BCUT2D eigenvalue weighted by molar-refractivity contribution is -0.142. The van der Waals surface area contributed by atoms with E-state index in [0.29, 0.717) is 18.8 Å². The van der Waals surface area contributed by atoms with Gasteiger partial charge in [-0.25, -0.2) is 9.97 Å². The van der Waals surface area contributed by atoms with E-state index in [0.717, 1.165) is 0 Å². The Balaban J connectivity index is 2.66. The van der Waals surface area contributed by atoms with Crippen molar-refractivity contribution in [2.75, 3.05) is 11.4 Å². The van der Waals surface area contributed by atoms with Crippen molar-refractivity contribution < 1.29 is 13.2 Å². The van der Waals surface area contributed by atoms with Crippen LogP contribution in [0.5, 0.6) is 0 Å². The lowest BCUT2D eigenvalue weighted by atomic mass is 9.95. The van der Waals surface area contributed by atoms with Crippen LogP contribution in [0, 0.1) is 0 Å². The molecule has 2 heterocycles. The molecule has 1 aromatic rings. The highest BCUT2D eigenvalue weighted by atomic mass is 19.4. The molecule has 2 rings (SSSR count). The van der Waals surface area contributed by atoms with Crippen LogP contribution in [-0.4, -0.2) is 22.6 Å². The van der Waals surface area contributed by atoms with Gasteiger partial charge in [-0.2, -0.15) is 13.2 Å². The summed E-state index contributed by atoms with van der Waals surface area (Å²) in [5.74, 6) is 0.698. The van der Waals surface area contributed by atoms with E-state index in [1.165, 1.54) is 0 Å². The minimum Gasteiger partial charge on any atom is -0.354 e. The molecule has 0 atom stereocenters. The Morgan fingerprint density at radius 1 is 1.10 bits per heavy atom. The molecule has 6 heteroatoms. The predicted molar refractivity (Wildman–Crippen MR) is 71.9 cm³/mol. The van der Waals surface area contributed by atoms with E-state index in [1.807, 2.05) is 39.5 Å². The van der Waals surface area contributed by atoms with Gasteiger partial charge in [-0.1, -0.05) is 20.8 Å². The molecule has 0 amide bonds. The molecule has 0 radical (unpaired) electrons. The zero-order chi connectivity index (χ0) is 15.3. The van der Waals surface area contributed by atoms with E-state index in [-0.39, 0.29) is 17.4 Å². The maximum Gasteiger partial charge on any atom is 0.433 e. The quantitative estimate of drug-likeness (QED) is 0.790. The van der Waals surface area contributed by atoms with Crippen molar-refractivity contribution in [3.63, 3.8) is 0 Å². The van der Waals surface area contributed by atoms with Crippen LogP contribution in [0.15, 0.2) is 0 Å². The molecule has 1 aliphatic rings. The Kier molecular flexibility index (Phi) is 3.47. The molecule has 0 unspecified atom stereocenters. The summed E-state index contributed by atoms with van der Waals surface area (Å²) in [5, 5.41) is 0. The third-order valence-corrected chi connectivity index (χ3v) is 3.42. The number of nitrogens with zero attached hydrogens (tertiary/aromatic N) is 3. The van der Waals surface area contributed by atoms with Gasteiger partial charge in [0.05, 0.1) is 0 Å². The Morgan fingerprint density at radius 3 is 2.15 bits per heavy atom. The molecular formula is C14H20F3N3. The minimum atomic E-state index is -4.43. The fourth-order valence-electron chi connectivity index (χ4n) is 2.35. The summed E-state index contributed by atoms with van der Waals surface area (Å²) in [4.78, 5) is 10.2. The van der Waals surface area contributed by atoms with Crippen molar-refractivity contribution in [1.29, 1.82) is 0 Å². The van der Waals surface area contributed by atoms with Gasteiger partial charge in [0, 0.05) is 23.6 Å². The van der Waals surface area contributed by atoms with Crippen LogP contribution in [0.1, 0.15) is 51.7 Å². The third-order valence-electron chi connectivity index (χ3n) is 3.42. The van der Waals surface area contributed by atoms with Crippen LogP contribution in [0.25, 0.3) is 0 Å². The summed E-state index contributed by atoms with van der Waals surface area (Å²) >= 11 is 0. The van der Waals surface area contributed by atoms with Gasteiger partial charge in [0.1, 0.15) is 11.6 Å². The van der Waals surface area contributed by atoms with E-state index in [9.17, 15) is 13.2 Å². The molecule has 1 aromatic heterocycles. The second-order valence-electron chi connectivity index (χ2n) is 6.48. The van der Waals surface area contributed by atoms with Crippen molar-refractivity contribution in [1.82, 2.24) is 9.97 Å². The number of hydrogen-bond acceptors (Lipinski definition) is 3. The molecule has 0 N–H and O–H groups in total. The average molecular weight is 287 g/mol. The molecule has 0 fully saturated rings. The summed E-state index contributed by atoms with van der Waals surface area (Å²) in [6, 6.07) is 0.125. The Morgan fingerprint density at radius 2 is 1.70 bits per heavy atom. The van der Waals surface area contributed by atoms with Crippen molar-refractivity contribution >= 4 is 5.82 Å². The van der Waals surface area contributed by atoms with Crippen LogP contribution in [0.2, 0.25) is 0 Å². The number of hydrogen-bond donors (Lipinski definition) is 0. The van der Waals surface area contributed by atoms with E-state index < -0.39 is 17.3 Å². The number of alkyl halides is 3. The van der Waals surface area contributed by atoms with Crippen LogP contribution in [0.4, 0.5) is 19.0 Å². The predicted octanol–water partition coefficient (Wildman–Crippen LogP) is 3.56. The van der Waals surface area contributed by atoms with Crippen molar-refractivity contribution in [2.24, 2.45) is 0 Å². The normalized spacial score (nSPS) is 15.9. The van der Waals surface area contributed by atoms with Gasteiger partial charge >= 0.3 is 6.18 Å². The third kappa shape index (κ3) is 2.60. The van der Waals surface area contributed by atoms with Gasteiger partial charge in [-0.15, -0.1) is 0 Å². The van der Waals surface area contributed by atoms with E-state index in [4.69, 9.17) is 0 Å². The zero-order valence-electron chi connectivity index (χ0n) is 12.5. The first kappa shape index (κ1) is 15.1. The van der Waals surface area contributed by atoms with Crippen LogP contribution < -0.4 is 4.90 Å². The van der Waals surface area contributed by atoms with Crippen molar-refractivity contribution in [3.05, 3.63) is 17.1 Å². The Bertz CT molecular complexity index is 516. The molecule has 112 valence electrons. The van der Waals surface area contributed by atoms with Gasteiger partial charge in [-0.3, -0.25) is 0 Å². The highest BCUT2D eigenvalue weighted by molar-refractivity contribution is 5.55. The van der Waals surface area contributed by atoms with E-state index in [2.05, 4.69) is 9.97 Å². The zero-order valence-corrected chi connectivity index (χ0v) is 12.5. The number of rotatable bonds is 1. The van der Waals surface area contributed by atoms with Gasteiger partial charge in [0.2, 0.25) is 0 Å². The first-order valence-electron chi connectivity index (χ1n) is 6.77. The van der Waals surface area contributed by atoms with Gasteiger partial charge in [-0.05, 0) is 20.3 Å². The summed E-state index contributed by atoms with van der Waals surface area (Å²) in [6.07, 6.45) is -4.08. The molecule has 20 heavy (non-hydrogen) atoms. The summed E-state index contributed by atoms with van der Waals surface area (Å²) in [6.45, 7) is 9.96. The van der Waals surface area contributed by atoms with Crippen LogP contribution in [0.3, 0.4) is 0 Å². The molecule has 0 aromatic carbocycles. The van der Waals surface area contributed by atoms with E-state index in [1.54, 1.807) is 0 Å². The van der Waals surface area contributed by atoms with Crippen LogP contribution in [-0.2, 0) is 18.0 Å². The summed E-state index contributed by atoms with van der Waals surface area (Å²) in [5.41, 5.74) is -1.05. The van der Waals surface area contributed by atoms with Crippen molar-refractivity contribution in [3.8, 4) is 0 Å². The van der Waals surface area contributed by atoms with E-state index >= 15 is 0 Å². The largest absolute Gasteiger partial charge is 0.433 e. The summed E-state index contributed by atoms with van der Waals surface area (Å²) < 4.78 is 39.7. The highest BCUT2D eigenvalue weighted by Crippen LogP contribution is 2.39. The second kappa shape index (κ2) is 4.60. The fourth-order valence-corrected chi connectivity index (χ4v) is 2.35. The first-order valence-corrected chi connectivity index (χ1v) is 6.77. The lowest BCUT2D eigenvalue weighted by Gasteiger charge is -2.26. The molecule has 1 aliphatic heterocycles. The van der Waals surface area contributed by atoms with Crippen LogP contribution >= 0.6 is 0 Å². The number of fused-ring (bicyclic) bond motifs is 1. The Hall–Kier alpha value is -1.33. The maximum absolute atomic E-state index is 13.2. The molecule has 0 bridgehead atoms. The molecule has 3 nitrogen and oxygen atoms in total. The van der Waals surface area contributed by atoms with Gasteiger partial charge < -0.3 is 4.90 Å². The first-order chi connectivity index (χ1) is 9.01. The lowest BCUT2D eigenvalue weighted by Crippen LogP contribution is -2.30. The van der Waals surface area contributed by atoms with Gasteiger partial charge in [0.15, 0.2) is 5.69 Å². The number of anilines is 1. The minimum absolute atomic E-state index is 0.125. The number of halogens is 3. The topological polar surface area (TPSA) is 29.0 Å². The second-order valence-corrected chi connectivity index (χ2v) is 6.48. The highest BCUT2D eigenvalue weighted by Gasteiger charge is 2.41. The average Bonchev–Trinajstić information content (AvgIpc) is 2.68. The molecule has 0 aliphatic carbocycles. The molecule has 0 saturated heterocycles. The fraction of sp³-hybridized carbons (Fsp3) is 0.714. The Labute approximate surface area is 117 Å². The molecule has 0 spiro atoms. The number of aromatic nitrogens is 2. The summed E-state index contributed by atoms with van der Waals surface area (Å²) in [7, 11) is 0. The SMILES string of the molecule is CC(C)N1CCc2c1nc(C(C)(C)C)nc2C(F)(F)F. The standard InChI is InChI=1S/C14H20F3N3/c1-8(2)20-7-6-9-10(14(15,16)17)18-12(13(3,4)5)19-11(9)20/h8H,6-7H2,1-5H3. The maximum atomic E-state index is 13.2. The smallest absolute Gasteiger partial charge is 0.354 e. The molecular weight excluding hydrogens is 267 g/mol.